The van der Waals surface area contributed by atoms with Crippen molar-refractivity contribution in [2.75, 3.05) is 23.9 Å². The van der Waals surface area contributed by atoms with Gasteiger partial charge in [-0.15, -0.1) is 0 Å². The predicted molar refractivity (Wildman–Crippen MR) is 166 cm³/mol. The lowest BCUT2D eigenvalue weighted by Crippen LogP contribution is -2.11. The van der Waals surface area contributed by atoms with Gasteiger partial charge in [0.05, 0.1) is 0 Å². The molecule has 2 heteroatoms. The summed E-state index contributed by atoms with van der Waals surface area (Å²) in [6.45, 7) is 0. The molecule has 0 aromatic heterocycles. The molecule has 0 aliphatic heterocycles. The van der Waals surface area contributed by atoms with Gasteiger partial charge in [0, 0.05) is 36.8 Å². The van der Waals surface area contributed by atoms with E-state index >= 15 is 0 Å². The van der Waals surface area contributed by atoms with Gasteiger partial charge in [-0.2, -0.15) is 0 Å². The van der Waals surface area contributed by atoms with Crippen LogP contribution in [0.2, 0.25) is 0 Å². The van der Waals surface area contributed by atoms with Gasteiger partial charge < -0.3 is 9.80 Å². The first kappa shape index (κ1) is 23.6. The van der Waals surface area contributed by atoms with Crippen LogP contribution in [0.4, 0.5) is 22.7 Å². The lowest BCUT2D eigenvalue weighted by molar-refractivity contribution is 1.13. The molecule has 0 N–H and O–H groups in total. The first-order valence-electron chi connectivity index (χ1n) is 13.0. The Morgan fingerprint density at radius 1 is 0.395 bits per heavy atom. The summed E-state index contributed by atoms with van der Waals surface area (Å²) in [6, 6.07) is 47.7. The molecule has 0 aliphatic carbocycles. The molecule has 38 heavy (non-hydrogen) atoms. The third kappa shape index (κ3) is 4.89. The fourth-order valence-corrected chi connectivity index (χ4v) is 4.91. The van der Waals surface area contributed by atoms with E-state index in [4.69, 9.17) is 0 Å². The second-order valence-electron chi connectivity index (χ2n) is 9.81. The molecule has 0 bridgehead atoms. The minimum atomic E-state index is 1.13. The highest BCUT2D eigenvalue weighted by Gasteiger charge is 2.12. The molecule has 0 fully saturated rings. The van der Waals surface area contributed by atoms with Crippen molar-refractivity contribution in [1.82, 2.24) is 0 Å². The Balaban J connectivity index is 1.28. The maximum Gasteiger partial charge on any atom is 0.0463 e. The van der Waals surface area contributed by atoms with Crippen LogP contribution in [0.5, 0.6) is 0 Å². The molecule has 0 saturated heterocycles. The second-order valence-corrected chi connectivity index (χ2v) is 9.81. The fourth-order valence-electron chi connectivity index (χ4n) is 4.91. The number of benzene rings is 6. The third-order valence-electron chi connectivity index (χ3n) is 6.99. The van der Waals surface area contributed by atoms with Crippen LogP contribution in [0.25, 0.3) is 33.7 Å². The summed E-state index contributed by atoms with van der Waals surface area (Å²) in [5.41, 5.74) is 6.95. The topological polar surface area (TPSA) is 6.48 Å². The Morgan fingerprint density at radius 3 is 1.53 bits per heavy atom. The number of hydrogen-bond donors (Lipinski definition) is 0. The summed E-state index contributed by atoms with van der Waals surface area (Å²) in [6.07, 6.45) is 4.38. The minimum absolute atomic E-state index is 1.13. The van der Waals surface area contributed by atoms with Crippen LogP contribution in [0.1, 0.15) is 11.1 Å². The highest BCUT2D eigenvalue weighted by atomic mass is 15.1. The fraction of sp³-hybridized carbons (Fsp3) is 0.0556. The van der Waals surface area contributed by atoms with Crippen LogP contribution in [0.15, 0.2) is 133 Å². The normalized spacial score (nSPS) is 11.3. The van der Waals surface area contributed by atoms with Crippen molar-refractivity contribution in [2.24, 2.45) is 0 Å². The van der Waals surface area contributed by atoms with Gasteiger partial charge in [-0.1, -0.05) is 78.9 Å². The van der Waals surface area contributed by atoms with E-state index in [0.29, 0.717) is 0 Å². The van der Waals surface area contributed by atoms with E-state index in [-0.39, 0.29) is 0 Å². The largest absolute Gasteiger partial charge is 0.378 e. The molecule has 0 atom stereocenters. The van der Waals surface area contributed by atoms with Crippen LogP contribution in [-0.2, 0) is 0 Å². The highest BCUT2D eigenvalue weighted by molar-refractivity contribution is 5.99. The van der Waals surface area contributed by atoms with Crippen molar-refractivity contribution in [1.29, 1.82) is 0 Å². The van der Waals surface area contributed by atoms with E-state index in [9.17, 15) is 0 Å². The third-order valence-corrected chi connectivity index (χ3v) is 6.99. The molecule has 6 aromatic rings. The molecule has 0 spiro atoms. The van der Waals surface area contributed by atoms with Crippen molar-refractivity contribution >= 4 is 56.4 Å². The van der Waals surface area contributed by atoms with E-state index in [2.05, 4.69) is 170 Å². The average molecular weight is 491 g/mol. The summed E-state index contributed by atoms with van der Waals surface area (Å²) in [4.78, 5) is 4.41. The van der Waals surface area contributed by atoms with Crippen LogP contribution >= 0.6 is 0 Å². The molecule has 0 aliphatic rings. The molecule has 184 valence electrons. The van der Waals surface area contributed by atoms with E-state index in [1.807, 2.05) is 0 Å². The van der Waals surface area contributed by atoms with Gasteiger partial charge in [0.25, 0.3) is 0 Å². The molecule has 0 radical (unpaired) electrons. The van der Waals surface area contributed by atoms with Crippen LogP contribution in [0.3, 0.4) is 0 Å². The highest BCUT2D eigenvalue weighted by Crippen LogP contribution is 2.35. The van der Waals surface area contributed by atoms with Crippen molar-refractivity contribution < 1.29 is 0 Å². The van der Waals surface area contributed by atoms with Gasteiger partial charge in [0.2, 0.25) is 0 Å². The predicted octanol–water partition coefficient (Wildman–Crippen LogP) is 9.70. The first-order chi connectivity index (χ1) is 18.6. The standard InChI is InChI=1S/C36H30N2/c1-37(2)33-20-22-36(23-21-33)38(34-10-4-3-5-11-34)35-18-15-27(16-19-35)12-13-28-14-17-31-25-29-8-6-7-9-30(29)26-32(31)24-28/h3-26H,1-2H3/b13-12+. The molecule has 6 rings (SSSR count). The van der Waals surface area contributed by atoms with E-state index in [0.717, 1.165) is 17.1 Å². The molecular weight excluding hydrogens is 460 g/mol. The van der Waals surface area contributed by atoms with E-state index in [1.54, 1.807) is 0 Å². The Hall–Kier alpha value is -4.82. The van der Waals surface area contributed by atoms with Crippen LogP contribution < -0.4 is 9.80 Å². The summed E-state index contributed by atoms with van der Waals surface area (Å²) >= 11 is 0. The Bertz CT molecular complexity index is 1710. The summed E-state index contributed by atoms with van der Waals surface area (Å²) in [5.74, 6) is 0. The molecule has 0 unspecified atom stereocenters. The van der Waals surface area contributed by atoms with Crippen molar-refractivity contribution in [3.63, 3.8) is 0 Å². The summed E-state index contributed by atoms with van der Waals surface area (Å²) < 4.78 is 0. The van der Waals surface area contributed by atoms with Crippen LogP contribution in [-0.4, -0.2) is 14.1 Å². The monoisotopic (exact) mass is 490 g/mol. The molecule has 2 nitrogen and oxygen atoms in total. The molecular formula is C36H30N2. The zero-order valence-electron chi connectivity index (χ0n) is 21.8. The van der Waals surface area contributed by atoms with Gasteiger partial charge in [0.1, 0.15) is 0 Å². The number of fused-ring (bicyclic) bond motifs is 2. The second kappa shape index (κ2) is 10.3. The maximum absolute atomic E-state index is 2.29. The van der Waals surface area contributed by atoms with E-state index in [1.165, 1.54) is 38.4 Å². The average Bonchev–Trinajstić information content (AvgIpc) is 2.96. The van der Waals surface area contributed by atoms with Gasteiger partial charge in [-0.05, 0) is 99.4 Å². The lowest BCUT2D eigenvalue weighted by atomic mass is 10.0. The smallest absolute Gasteiger partial charge is 0.0463 e. The molecule has 0 saturated carbocycles. The summed E-state index contributed by atoms with van der Waals surface area (Å²) in [7, 11) is 4.13. The number of rotatable bonds is 6. The Kier molecular flexibility index (Phi) is 6.37. The Morgan fingerprint density at radius 2 is 0.868 bits per heavy atom. The van der Waals surface area contributed by atoms with Gasteiger partial charge >= 0.3 is 0 Å². The van der Waals surface area contributed by atoms with Gasteiger partial charge in [0.15, 0.2) is 0 Å². The number of anilines is 4. The number of para-hydroxylation sites is 1. The lowest BCUT2D eigenvalue weighted by Gasteiger charge is -2.26. The van der Waals surface area contributed by atoms with Crippen molar-refractivity contribution in [3.05, 3.63) is 145 Å². The maximum atomic E-state index is 2.29. The first-order valence-corrected chi connectivity index (χ1v) is 13.0. The van der Waals surface area contributed by atoms with Crippen LogP contribution in [0, 0.1) is 0 Å². The van der Waals surface area contributed by atoms with Crippen molar-refractivity contribution in [3.8, 4) is 0 Å². The van der Waals surface area contributed by atoms with Crippen molar-refractivity contribution in [2.45, 2.75) is 0 Å². The van der Waals surface area contributed by atoms with E-state index < -0.39 is 0 Å². The molecule has 6 aromatic carbocycles. The Labute approximate surface area is 224 Å². The zero-order valence-corrected chi connectivity index (χ0v) is 21.8. The van der Waals surface area contributed by atoms with Gasteiger partial charge in [-0.3, -0.25) is 0 Å². The summed E-state index contributed by atoms with van der Waals surface area (Å²) in [5, 5.41) is 5.09. The number of nitrogens with zero attached hydrogens (tertiary/aromatic N) is 2. The minimum Gasteiger partial charge on any atom is -0.378 e. The molecule has 0 amide bonds. The number of hydrogen-bond acceptors (Lipinski definition) is 2. The quantitative estimate of drug-likeness (QED) is 0.169. The van der Waals surface area contributed by atoms with Gasteiger partial charge in [-0.25, -0.2) is 0 Å². The molecule has 0 heterocycles. The SMILES string of the molecule is CN(C)c1ccc(N(c2ccccc2)c2ccc(/C=C/c3ccc4cc5ccccc5cc4c3)cc2)cc1. The zero-order chi connectivity index (χ0) is 25.9.